The molecule has 0 atom stereocenters. The van der Waals surface area contributed by atoms with E-state index < -0.39 is 0 Å². The predicted molar refractivity (Wildman–Crippen MR) is 87.1 cm³/mol. The van der Waals surface area contributed by atoms with Crippen molar-refractivity contribution in [3.63, 3.8) is 0 Å². The number of aromatic amines is 1. The molecule has 0 spiro atoms. The van der Waals surface area contributed by atoms with Crippen molar-refractivity contribution in [2.75, 3.05) is 36.5 Å². The van der Waals surface area contributed by atoms with Crippen molar-refractivity contribution in [2.45, 2.75) is 6.92 Å². The number of fused-ring (bicyclic) bond motifs is 1. The Balaban J connectivity index is 1.68. The van der Waals surface area contributed by atoms with E-state index in [-0.39, 0.29) is 0 Å². The fraction of sp³-hybridized carbons (Fsp3) is 0.357. The first-order chi connectivity index (χ1) is 10.8. The van der Waals surface area contributed by atoms with Gasteiger partial charge in [0.05, 0.1) is 23.6 Å². The number of nitrogens with one attached hydrogen (secondary N) is 2. The van der Waals surface area contributed by atoms with Gasteiger partial charge in [-0.05, 0) is 13.0 Å². The first-order valence-electron chi connectivity index (χ1n) is 7.16. The minimum Gasteiger partial charge on any atom is -0.378 e. The summed E-state index contributed by atoms with van der Waals surface area (Å²) < 4.78 is 5.41. The number of thiophene rings is 1. The largest absolute Gasteiger partial charge is 0.378 e. The van der Waals surface area contributed by atoms with Crippen LogP contribution in [0.2, 0.25) is 0 Å². The number of hydrogen-bond donors (Lipinski definition) is 2. The van der Waals surface area contributed by atoms with Crippen molar-refractivity contribution in [3.8, 4) is 0 Å². The van der Waals surface area contributed by atoms with Crippen LogP contribution in [0.15, 0.2) is 18.5 Å². The molecule has 0 aromatic carbocycles. The third kappa shape index (κ3) is 2.51. The van der Waals surface area contributed by atoms with E-state index >= 15 is 0 Å². The summed E-state index contributed by atoms with van der Waals surface area (Å²) in [6.07, 6.45) is 1.59. The molecule has 0 radical (unpaired) electrons. The Kier molecular flexibility index (Phi) is 3.39. The molecule has 22 heavy (non-hydrogen) atoms. The number of morpholine rings is 1. The molecule has 1 fully saturated rings. The van der Waals surface area contributed by atoms with Gasteiger partial charge in [0, 0.05) is 24.8 Å². The Bertz CT molecular complexity index is 792. The molecule has 7 nitrogen and oxygen atoms in total. The van der Waals surface area contributed by atoms with E-state index in [1.54, 1.807) is 17.7 Å². The van der Waals surface area contributed by atoms with Crippen LogP contribution in [0.5, 0.6) is 0 Å². The third-order valence-electron chi connectivity index (χ3n) is 3.59. The van der Waals surface area contributed by atoms with Gasteiger partial charge in [0.2, 0.25) is 0 Å². The van der Waals surface area contributed by atoms with Gasteiger partial charge in [-0.1, -0.05) is 11.3 Å². The first kappa shape index (κ1) is 13.5. The highest BCUT2D eigenvalue weighted by molar-refractivity contribution is 7.22. The summed E-state index contributed by atoms with van der Waals surface area (Å²) in [6.45, 7) is 5.35. The Morgan fingerprint density at radius 1 is 1.27 bits per heavy atom. The van der Waals surface area contributed by atoms with Crippen LogP contribution in [0.4, 0.5) is 16.6 Å². The normalized spacial score (nSPS) is 15.4. The monoisotopic (exact) mass is 316 g/mol. The van der Waals surface area contributed by atoms with Gasteiger partial charge in [-0.15, -0.1) is 0 Å². The van der Waals surface area contributed by atoms with E-state index in [2.05, 4.69) is 36.4 Å². The first-order valence-corrected chi connectivity index (χ1v) is 7.97. The van der Waals surface area contributed by atoms with E-state index in [4.69, 9.17) is 4.74 Å². The molecule has 3 aromatic rings. The average Bonchev–Trinajstić information content (AvgIpc) is 3.15. The van der Waals surface area contributed by atoms with Crippen molar-refractivity contribution < 1.29 is 4.74 Å². The lowest BCUT2D eigenvalue weighted by Gasteiger charge is -2.27. The molecule has 8 heteroatoms. The number of H-pyrrole nitrogens is 1. The highest BCUT2D eigenvalue weighted by Gasteiger charge is 2.16. The molecule has 1 saturated heterocycles. The minimum atomic E-state index is 0.761. The molecule has 0 aliphatic carbocycles. The fourth-order valence-corrected chi connectivity index (χ4v) is 3.54. The Labute approximate surface area is 131 Å². The van der Waals surface area contributed by atoms with Crippen molar-refractivity contribution in [1.29, 1.82) is 0 Å². The van der Waals surface area contributed by atoms with E-state index in [0.29, 0.717) is 0 Å². The van der Waals surface area contributed by atoms with Crippen molar-refractivity contribution in [2.24, 2.45) is 0 Å². The summed E-state index contributed by atoms with van der Waals surface area (Å²) in [4.78, 5) is 12.1. The lowest BCUT2D eigenvalue weighted by molar-refractivity contribution is 0.123. The van der Waals surface area contributed by atoms with Gasteiger partial charge >= 0.3 is 0 Å². The Hall–Kier alpha value is -2.19. The van der Waals surface area contributed by atoms with E-state index in [1.165, 1.54) is 5.00 Å². The maximum atomic E-state index is 5.41. The summed E-state index contributed by atoms with van der Waals surface area (Å²) >= 11 is 1.68. The number of rotatable bonds is 3. The Morgan fingerprint density at radius 3 is 2.91 bits per heavy atom. The number of ether oxygens (including phenoxy) is 1. The van der Waals surface area contributed by atoms with Gasteiger partial charge in [0.25, 0.3) is 0 Å². The number of anilines is 3. The SMILES string of the molecule is Cc1cc(Nc2ncnc3sc(N4CCOCC4)cc23)n[nH]1. The lowest BCUT2D eigenvalue weighted by Crippen LogP contribution is -2.35. The average molecular weight is 316 g/mol. The van der Waals surface area contributed by atoms with Crippen molar-refractivity contribution in [1.82, 2.24) is 20.2 Å². The van der Waals surface area contributed by atoms with Gasteiger partial charge in [-0.3, -0.25) is 5.10 Å². The quantitative estimate of drug-likeness (QED) is 0.772. The van der Waals surface area contributed by atoms with Gasteiger partial charge in [0.15, 0.2) is 5.82 Å². The van der Waals surface area contributed by atoms with Crippen LogP contribution < -0.4 is 10.2 Å². The van der Waals surface area contributed by atoms with Crippen LogP contribution in [0, 0.1) is 6.92 Å². The Morgan fingerprint density at radius 2 is 2.14 bits per heavy atom. The molecule has 0 unspecified atom stereocenters. The molecule has 1 aliphatic heterocycles. The van der Waals surface area contributed by atoms with Gasteiger partial charge < -0.3 is 15.0 Å². The fourth-order valence-electron chi connectivity index (χ4n) is 2.49. The zero-order valence-electron chi connectivity index (χ0n) is 12.2. The summed E-state index contributed by atoms with van der Waals surface area (Å²) in [6, 6.07) is 4.09. The number of hydrogen-bond acceptors (Lipinski definition) is 7. The maximum absolute atomic E-state index is 5.41. The summed E-state index contributed by atoms with van der Waals surface area (Å²) in [7, 11) is 0. The lowest BCUT2D eigenvalue weighted by atomic mass is 10.3. The number of nitrogens with zero attached hydrogens (tertiary/aromatic N) is 4. The second kappa shape index (κ2) is 5.54. The van der Waals surface area contributed by atoms with Gasteiger partial charge in [0.1, 0.15) is 17.0 Å². The summed E-state index contributed by atoms with van der Waals surface area (Å²) in [5.74, 6) is 1.55. The van der Waals surface area contributed by atoms with Crippen LogP contribution in [0.1, 0.15) is 5.69 Å². The van der Waals surface area contributed by atoms with Crippen LogP contribution in [-0.4, -0.2) is 46.5 Å². The smallest absolute Gasteiger partial charge is 0.153 e. The second-order valence-corrected chi connectivity index (χ2v) is 6.20. The van der Waals surface area contributed by atoms with Crippen LogP contribution in [-0.2, 0) is 4.74 Å². The molecule has 1 aliphatic rings. The predicted octanol–water partition coefficient (Wildman–Crippen LogP) is 2.30. The summed E-state index contributed by atoms with van der Waals surface area (Å²) in [5, 5.41) is 12.6. The topological polar surface area (TPSA) is 79.0 Å². The molecule has 4 rings (SSSR count). The molecule has 114 valence electrons. The van der Waals surface area contributed by atoms with Gasteiger partial charge in [-0.25, -0.2) is 9.97 Å². The zero-order valence-corrected chi connectivity index (χ0v) is 13.0. The highest BCUT2D eigenvalue weighted by Crippen LogP contribution is 2.35. The van der Waals surface area contributed by atoms with E-state index in [1.807, 2.05) is 13.0 Å². The zero-order chi connectivity index (χ0) is 14.9. The van der Waals surface area contributed by atoms with Gasteiger partial charge in [-0.2, -0.15) is 5.10 Å². The molecule has 3 aromatic heterocycles. The molecular weight excluding hydrogens is 300 g/mol. The molecule has 2 N–H and O–H groups in total. The molecule has 0 saturated carbocycles. The van der Waals surface area contributed by atoms with Crippen molar-refractivity contribution in [3.05, 3.63) is 24.2 Å². The highest BCUT2D eigenvalue weighted by atomic mass is 32.1. The number of aryl methyl sites for hydroxylation is 1. The molecule has 4 heterocycles. The molecule has 0 bridgehead atoms. The van der Waals surface area contributed by atoms with E-state index in [0.717, 1.165) is 53.8 Å². The maximum Gasteiger partial charge on any atom is 0.153 e. The van der Waals surface area contributed by atoms with Crippen LogP contribution in [0.3, 0.4) is 0 Å². The number of aromatic nitrogens is 4. The van der Waals surface area contributed by atoms with Crippen LogP contribution >= 0.6 is 11.3 Å². The summed E-state index contributed by atoms with van der Waals surface area (Å²) in [5.41, 5.74) is 1.01. The standard InChI is InChI=1S/C14H16N6OS/c1-9-6-11(19-18-9)17-13-10-7-12(20-2-4-21-5-3-20)22-14(10)16-8-15-13/h6-8H,2-5H2,1H3,(H2,15,16,17,18,19). The van der Waals surface area contributed by atoms with E-state index in [9.17, 15) is 0 Å². The third-order valence-corrected chi connectivity index (χ3v) is 4.70. The molecule has 0 amide bonds. The molecular formula is C14H16N6OS. The van der Waals surface area contributed by atoms with Crippen LogP contribution in [0.25, 0.3) is 10.2 Å². The second-order valence-electron chi connectivity index (χ2n) is 5.19. The van der Waals surface area contributed by atoms with Crippen molar-refractivity contribution >= 4 is 38.2 Å². The minimum absolute atomic E-state index is 0.761.